The van der Waals surface area contributed by atoms with Crippen molar-refractivity contribution in [1.29, 1.82) is 0 Å². The molecule has 1 aliphatic rings. The summed E-state index contributed by atoms with van der Waals surface area (Å²) in [4.78, 5) is 39.4. The number of amides is 2. The van der Waals surface area contributed by atoms with Crippen molar-refractivity contribution < 1.29 is 27.2 Å². The van der Waals surface area contributed by atoms with E-state index in [1.54, 1.807) is 0 Å². The molecule has 0 unspecified atom stereocenters. The standard InChI is InChI=1S/C21H19F4N7O2/c1-30-5-6-32(19(34)11-30)17-10-31(12-27-17)20-15(22)7-14(9-26-20)29-18(33)8-13-3-2-4-16(28-13)21(23,24)25/h2-4,7,9-10,12H,5-6,8,11H2,1H3,(H,29,33). The Labute approximate surface area is 191 Å². The summed E-state index contributed by atoms with van der Waals surface area (Å²) in [6, 6.07) is 4.28. The van der Waals surface area contributed by atoms with Gasteiger partial charge in [-0.2, -0.15) is 13.2 Å². The summed E-state index contributed by atoms with van der Waals surface area (Å²) >= 11 is 0. The molecule has 13 heteroatoms. The Morgan fingerprint density at radius 2 is 2.00 bits per heavy atom. The number of rotatable bonds is 5. The molecule has 0 aliphatic carbocycles. The SMILES string of the molecule is CN1CCN(c2cn(-c3ncc(NC(=O)Cc4cccc(C(F)(F)F)n4)cc3F)cn2)C(=O)C1. The van der Waals surface area contributed by atoms with Gasteiger partial charge in [0.1, 0.15) is 12.0 Å². The van der Waals surface area contributed by atoms with Crippen LogP contribution in [0.2, 0.25) is 0 Å². The van der Waals surface area contributed by atoms with E-state index in [1.165, 1.54) is 34.3 Å². The van der Waals surface area contributed by atoms with Crippen LogP contribution in [0.25, 0.3) is 5.82 Å². The number of hydrogen-bond acceptors (Lipinski definition) is 6. The maximum absolute atomic E-state index is 14.7. The zero-order valence-corrected chi connectivity index (χ0v) is 17.9. The second-order valence-corrected chi connectivity index (χ2v) is 7.69. The summed E-state index contributed by atoms with van der Waals surface area (Å²) in [5.74, 6) is -1.31. The van der Waals surface area contributed by atoms with E-state index >= 15 is 0 Å². The van der Waals surface area contributed by atoms with Crippen molar-refractivity contribution in [3.63, 3.8) is 0 Å². The van der Waals surface area contributed by atoms with Crippen LogP contribution in [0.4, 0.5) is 29.1 Å². The number of nitrogens with one attached hydrogen (secondary N) is 1. The van der Waals surface area contributed by atoms with E-state index in [1.807, 2.05) is 11.9 Å². The Kier molecular flexibility index (Phi) is 6.28. The number of halogens is 4. The Bertz CT molecular complexity index is 1230. The van der Waals surface area contributed by atoms with Crippen molar-refractivity contribution in [2.75, 3.05) is 36.9 Å². The third kappa shape index (κ3) is 5.20. The van der Waals surface area contributed by atoms with Crippen molar-refractivity contribution in [1.82, 2.24) is 24.4 Å². The maximum atomic E-state index is 14.7. The highest BCUT2D eigenvalue weighted by Gasteiger charge is 2.32. The van der Waals surface area contributed by atoms with Gasteiger partial charge in [-0.15, -0.1) is 0 Å². The predicted octanol–water partition coefficient (Wildman–Crippen LogP) is 2.28. The molecule has 34 heavy (non-hydrogen) atoms. The lowest BCUT2D eigenvalue weighted by atomic mass is 10.2. The fourth-order valence-corrected chi connectivity index (χ4v) is 3.40. The topological polar surface area (TPSA) is 96.2 Å². The quantitative estimate of drug-likeness (QED) is 0.567. The van der Waals surface area contributed by atoms with Gasteiger partial charge in [0, 0.05) is 19.2 Å². The van der Waals surface area contributed by atoms with Crippen LogP contribution < -0.4 is 10.2 Å². The van der Waals surface area contributed by atoms with Crippen molar-refractivity contribution in [2.24, 2.45) is 0 Å². The second-order valence-electron chi connectivity index (χ2n) is 7.69. The molecular formula is C21H19F4N7O2. The number of carbonyl (C=O) groups excluding carboxylic acids is 2. The molecular weight excluding hydrogens is 458 g/mol. The molecule has 1 saturated heterocycles. The van der Waals surface area contributed by atoms with Gasteiger partial charge in [-0.25, -0.2) is 19.3 Å². The molecule has 178 valence electrons. The number of nitrogens with zero attached hydrogens (tertiary/aromatic N) is 6. The van der Waals surface area contributed by atoms with E-state index in [-0.39, 0.29) is 29.7 Å². The highest BCUT2D eigenvalue weighted by Crippen LogP contribution is 2.27. The predicted molar refractivity (Wildman–Crippen MR) is 113 cm³/mol. The van der Waals surface area contributed by atoms with E-state index in [0.29, 0.717) is 18.9 Å². The summed E-state index contributed by atoms with van der Waals surface area (Å²) in [5, 5.41) is 2.39. The van der Waals surface area contributed by atoms with E-state index in [2.05, 4.69) is 20.3 Å². The number of pyridine rings is 2. The van der Waals surface area contributed by atoms with Gasteiger partial charge >= 0.3 is 6.18 Å². The Morgan fingerprint density at radius 3 is 2.71 bits per heavy atom. The number of imidazole rings is 1. The van der Waals surface area contributed by atoms with E-state index in [4.69, 9.17) is 0 Å². The molecule has 2 amide bonds. The first-order valence-electron chi connectivity index (χ1n) is 10.1. The molecule has 0 radical (unpaired) electrons. The number of carbonyl (C=O) groups is 2. The van der Waals surface area contributed by atoms with E-state index in [9.17, 15) is 27.2 Å². The zero-order valence-electron chi connectivity index (χ0n) is 17.9. The Morgan fingerprint density at radius 1 is 1.21 bits per heavy atom. The van der Waals surface area contributed by atoms with Crippen LogP contribution in [-0.4, -0.2) is 62.9 Å². The minimum absolute atomic E-state index is 0.0211. The molecule has 1 aliphatic heterocycles. The highest BCUT2D eigenvalue weighted by molar-refractivity contribution is 5.94. The number of hydrogen-bond donors (Lipinski definition) is 1. The summed E-state index contributed by atoms with van der Waals surface area (Å²) in [7, 11) is 1.84. The first-order valence-corrected chi connectivity index (χ1v) is 10.1. The Hall–Kier alpha value is -3.87. The number of anilines is 2. The molecule has 0 bridgehead atoms. The lowest BCUT2D eigenvalue weighted by Gasteiger charge is -2.30. The fraction of sp³-hybridized carbons (Fsp3) is 0.286. The summed E-state index contributed by atoms with van der Waals surface area (Å²) in [5.41, 5.74) is -1.16. The lowest BCUT2D eigenvalue weighted by molar-refractivity contribution is -0.141. The summed E-state index contributed by atoms with van der Waals surface area (Å²) < 4.78 is 54.3. The normalized spacial score (nSPS) is 15.0. The average molecular weight is 477 g/mol. The third-order valence-electron chi connectivity index (χ3n) is 5.05. The first kappa shape index (κ1) is 23.3. The van der Waals surface area contributed by atoms with Crippen molar-refractivity contribution >= 4 is 23.3 Å². The van der Waals surface area contributed by atoms with Crippen LogP contribution in [0.3, 0.4) is 0 Å². The Balaban J connectivity index is 1.43. The molecule has 1 fully saturated rings. The molecule has 4 rings (SSSR count). The first-order chi connectivity index (χ1) is 16.1. The highest BCUT2D eigenvalue weighted by atomic mass is 19.4. The molecule has 3 aromatic rings. The van der Waals surface area contributed by atoms with Gasteiger partial charge < -0.3 is 5.32 Å². The third-order valence-corrected chi connectivity index (χ3v) is 5.05. The maximum Gasteiger partial charge on any atom is 0.433 e. The largest absolute Gasteiger partial charge is 0.433 e. The van der Waals surface area contributed by atoms with Gasteiger partial charge in [-0.1, -0.05) is 6.07 Å². The van der Waals surface area contributed by atoms with Gasteiger partial charge in [0.05, 0.1) is 36.7 Å². The monoisotopic (exact) mass is 477 g/mol. The lowest BCUT2D eigenvalue weighted by Crippen LogP contribution is -2.49. The van der Waals surface area contributed by atoms with Crippen LogP contribution in [0.15, 0.2) is 43.0 Å². The number of alkyl halides is 3. The zero-order chi connectivity index (χ0) is 24.5. The van der Waals surface area contributed by atoms with E-state index in [0.717, 1.165) is 18.2 Å². The van der Waals surface area contributed by atoms with Gasteiger partial charge in [0.2, 0.25) is 11.8 Å². The molecule has 9 nitrogen and oxygen atoms in total. The molecule has 3 aromatic heterocycles. The van der Waals surface area contributed by atoms with Crippen LogP contribution >= 0.6 is 0 Å². The van der Waals surface area contributed by atoms with Crippen LogP contribution in [0, 0.1) is 5.82 Å². The van der Waals surface area contributed by atoms with Gasteiger partial charge in [0.15, 0.2) is 17.5 Å². The summed E-state index contributed by atoms with van der Waals surface area (Å²) in [6.45, 7) is 1.38. The average Bonchev–Trinajstić information content (AvgIpc) is 3.23. The minimum atomic E-state index is -4.62. The van der Waals surface area contributed by atoms with Crippen molar-refractivity contribution in [2.45, 2.75) is 12.6 Å². The molecule has 0 aromatic carbocycles. The molecule has 0 spiro atoms. The second kappa shape index (κ2) is 9.17. The van der Waals surface area contributed by atoms with E-state index < -0.39 is 30.0 Å². The van der Waals surface area contributed by atoms with Gasteiger partial charge in [-0.3, -0.25) is 24.0 Å². The molecule has 0 saturated carbocycles. The number of piperazine rings is 1. The van der Waals surface area contributed by atoms with Gasteiger partial charge in [0.25, 0.3) is 0 Å². The van der Waals surface area contributed by atoms with Crippen molar-refractivity contribution in [3.05, 3.63) is 60.2 Å². The van der Waals surface area contributed by atoms with Crippen LogP contribution in [0.5, 0.6) is 0 Å². The minimum Gasteiger partial charge on any atom is -0.324 e. The molecule has 1 N–H and O–H groups in total. The molecule has 4 heterocycles. The smallest absolute Gasteiger partial charge is 0.324 e. The molecule has 0 atom stereocenters. The number of likely N-dealkylation sites (N-methyl/N-ethyl adjacent to an activating group) is 1. The van der Waals surface area contributed by atoms with Crippen LogP contribution in [-0.2, 0) is 22.2 Å². The summed E-state index contributed by atoms with van der Waals surface area (Å²) in [6.07, 6.45) is -1.05. The van der Waals surface area contributed by atoms with Crippen LogP contribution in [0.1, 0.15) is 11.4 Å². The van der Waals surface area contributed by atoms with Crippen molar-refractivity contribution in [3.8, 4) is 5.82 Å². The van der Waals surface area contributed by atoms with Gasteiger partial charge in [-0.05, 0) is 19.2 Å². The number of aromatic nitrogens is 4. The fourth-order valence-electron chi connectivity index (χ4n) is 3.40.